The first-order valence-corrected chi connectivity index (χ1v) is 6.02. The third-order valence-electron chi connectivity index (χ3n) is 3.26. The Morgan fingerprint density at radius 2 is 1.59 bits per heavy atom. The molecule has 0 aliphatic rings. The standard InChI is InChI=1S/C16H18O/c1-3-16(17,14-9-5-4-6-10-14)15-11-7-8-13(2)12-15/h4-12,17H,3H2,1-2H3/t16-/m0/s1. The predicted molar refractivity (Wildman–Crippen MR) is 70.9 cm³/mol. The van der Waals surface area contributed by atoms with Crippen LogP contribution < -0.4 is 0 Å². The highest BCUT2D eigenvalue weighted by Gasteiger charge is 2.28. The van der Waals surface area contributed by atoms with Crippen molar-refractivity contribution < 1.29 is 5.11 Å². The molecule has 2 rings (SSSR count). The van der Waals surface area contributed by atoms with Crippen molar-refractivity contribution in [3.63, 3.8) is 0 Å². The molecule has 2 aromatic carbocycles. The van der Waals surface area contributed by atoms with E-state index in [4.69, 9.17) is 0 Å². The highest BCUT2D eigenvalue weighted by Crippen LogP contribution is 2.32. The Kier molecular flexibility index (Phi) is 3.30. The van der Waals surface area contributed by atoms with Crippen LogP contribution in [0.5, 0.6) is 0 Å². The lowest BCUT2D eigenvalue weighted by Crippen LogP contribution is -2.26. The zero-order valence-corrected chi connectivity index (χ0v) is 10.4. The molecule has 0 amide bonds. The molecule has 2 aromatic rings. The van der Waals surface area contributed by atoms with E-state index in [0.717, 1.165) is 11.1 Å². The Balaban J connectivity index is 2.52. The average Bonchev–Trinajstić information content (AvgIpc) is 2.39. The topological polar surface area (TPSA) is 20.2 Å². The van der Waals surface area contributed by atoms with Crippen LogP contribution in [-0.4, -0.2) is 5.11 Å². The number of hydrogen-bond acceptors (Lipinski definition) is 1. The summed E-state index contributed by atoms with van der Waals surface area (Å²) < 4.78 is 0. The third kappa shape index (κ3) is 2.25. The zero-order chi connectivity index (χ0) is 12.3. The van der Waals surface area contributed by atoms with E-state index in [1.165, 1.54) is 5.56 Å². The monoisotopic (exact) mass is 226 g/mol. The molecule has 1 N–H and O–H groups in total. The molecule has 0 saturated carbocycles. The molecule has 1 nitrogen and oxygen atoms in total. The second-order valence-corrected chi connectivity index (χ2v) is 4.45. The third-order valence-corrected chi connectivity index (χ3v) is 3.26. The second-order valence-electron chi connectivity index (χ2n) is 4.45. The van der Waals surface area contributed by atoms with Gasteiger partial charge in [0.2, 0.25) is 0 Å². The van der Waals surface area contributed by atoms with Crippen molar-refractivity contribution >= 4 is 0 Å². The first-order chi connectivity index (χ1) is 8.16. The summed E-state index contributed by atoms with van der Waals surface area (Å²) in [5.74, 6) is 0. The predicted octanol–water partition coefficient (Wildman–Crippen LogP) is 3.64. The largest absolute Gasteiger partial charge is 0.380 e. The molecule has 88 valence electrons. The molecule has 0 aromatic heterocycles. The fourth-order valence-corrected chi connectivity index (χ4v) is 2.19. The van der Waals surface area contributed by atoms with Gasteiger partial charge < -0.3 is 5.11 Å². The van der Waals surface area contributed by atoms with E-state index < -0.39 is 5.60 Å². The summed E-state index contributed by atoms with van der Waals surface area (Å²) >= 11 is 0. The fourth-order valence-electron chi connectivity index (χ4n) is 2.19. The van der Waals surface area contributed by atoms with Crippen LogP contribution in [-0.2, 0) is 5.60 Å². The number of rotatable bonds is 3. The van der Waals surface area contributed by atoms with Crippen LogP contribution in [0.15, 0.2) is 54.6 Å². The maximum absolute atomic E-state index is 10.9. The van der Waals surface area contributed by atoms with Crippen molar-refractivity contribution in [1.29, 1.82) is 0 Å². The molecule has 0 fully saturated rings. The van der Waals surface area contributed by atoms with E-state index >= 15 is 0 Å². The van der Waals surface area contributed by atoms with Crippen LogP contribution in [0.4, 0.5) is 0 Å². The van der Waals surface area contributed by atoms with Crippen LogP contribution in [0.2, 0.25) is 0 Å². The lowest BCUT2D eigenvalue weighted by atomic mass is 9.84. The minimum absolute atomic E-state index is 0.667. The Bertz CT molecular complexity index is 490. The lowest BCUT2D eigenvalue weighted by Gasteiger charge is -2.28. The first-order valence-electron chi connectivity index (χ1n) is 6.02. The van der Waals surface area contributed by atoms with Crippen molar-refractivity contribution in [3.05, 3.63) is 71.3 Å². The number of aryl methyl sites for hydroxylation is 1. The van der Waals surface area contributed by atoms with Crippen LogP contribution in [0, 0.1) is 6.92 Å². The molecular weight excluding hydrogens is 208 g/mol. The molecule has 1 heteroatoms. The fraction of sp³-hybridized carbons (Fsp3) is 0.250. The summed E-state index contributed by atoms with van der Waals surface area (Å²) in [5, 5.41) is 10.9. The quantitative estimate of drug-likeness (QED) is 0.847. The first kappa shape index (κ1) is 11.9. The van der Waals surface area contributed by atoms with Crippen LogP contribution in [0.1, 0.15) is 30.0 Å². The van der Waals surface area contributed by atoms with Crippen molar-refractivity contribution in [2.24, 2.45) is 0 Å². The molecule has 0 radical (unpaired) electrons. The SMILES string of the molecule is CC[C@](O)(c1ccccc1)c1cccc(C)c1. The summed E-state index contributed by atoms with van der Waals surface area (Å²) in [6.07, 6.45) is 0.667. The molecule has 0 heterocycles. The summed E-state index contributed by atoms with van der Waals surface area (Å²) in [7, 11) is 0. The van der Waals surface area contributed by atoms with Gasteiger partial charge in [-0.1, -0.05) is 67.1 Å². The van der Waals surface area contributed by atoms with Gasteiger partial charge in [-0.15, -0.1) is 0 Å². The van der Waals surface area contributed by atoms with Gasteiger partial charge in [0, 0.05) is 0 Å². The zero-order valence-electron chi connectivity index (χ0n) is 10.4. The van der Waals surface area contributed by atoms with E-state index in [1.807, 2.05) is 62.4 Å². The summed E-state index contributed by atoms with van der Waals surface area (Å²) in [6, 6.07) is 17.9. The smallest absolute Gasteiger partial charge is 0.114 e. The van der Waals surface area contributed by atoms with Crippen LogP contribution in [0.3, 0.4) is 0 Å². The Labute approximate surface area is 103 Å². The summed E-state index contributed by atoms with van der Waals surface area (Å²) in [4.78, 5) is 0. The number of hydrogen-bond donors (Lipinski definition) is 1. The molecule has 0 saturated heterocycles. The van der Waals surface area contributed by atoms with Gasteiger partial charge in [0.25, 0.3) is 0 Å². The van der Waals surface area contributed by atoms with Crippen molar-refractivity contribution in [2.75, 3.05) is 0 Å². The van der Waals surface area contributed by atoms with Gasteiger partial charge in [0.05, 0.1) is 0 Å². The van der Waals surface area contributed by atoms with Gasteiger partial charge in [-0.25, -0.2) is 0 Å². The summed E-state index contributed by atoms with van der Waals surface area (Å²) in [5.41, 5.74) is 2.21. The molecule has 0 aliphatic heterocycles. The second kappa shape index (κ2) is 4.72. The highest BCUT2D eigenvalue weighted by atomic mass is 16.3. The van der Waals surface area contributed by atoms with Crippen LogP contribution in [0.25, 0.3) is 0 Å². The van der Waals surface area contributed by atoms with Crippen LogP contribution >= 0.6 is 0 Å². The Morgan fingerprint density at radius 3 is 2.18 bits per heavy atom. The Morgan fingerprint density at radius 1 is 0.941 bits per heavy atom. The van der Waals surface area contributed by atoms with Gasteiger partial charge in [0.15, 0.2) is 0 Å². The lowest BCUT2D eigenvalue weighted by molar-refractivity contribution is 0.0765. The van der Waals surface area contributed by atoms with Gasteiger partial charge in [-0.2, -0.15) is 0 Å². The van der Waals surface area contributed by atoms with E-state index in [1.54, 1.807) is 0 Å². The molecule has 17 heavy (non-hydrogen) atoms. The van der Waals surface area contributed by atoms with Crippen molar-refractivity contribution in [1.82, 2.24) is 0 Å². The molecular formula is C16H18O. The van der Waals surface area contributed by atoms with Gasteiger partial charge in [-0.3, -0.25) is 0 Å². The minimum Gasteiger partial charge on any atom is -0.380 e. The molecule has 0 bridgehead atoms. The Hall–Kier alpha value is -1.60. The van der Waals surface area contributed by atoms with Crippen molar-refractivity contribution in [3.8, 4) is 0 Å². The number of aliphatic hydroxyl groups is 1. The minimum atomic E-state index is -0.882. The molecule has 0 spiro atoms. The average molecular weight is 226 g/mol. The van der Waals surface area contributed by atoms with E-state index in [0.29, 0.717) is 6.42 Å². The molecule has 0 aliphatic carbocycles. The number of benzene rings is 2. The maximum Gasteiger partial charge on any atom is 0.114 e. The van der Waals surface area contributed by atoms with E-state index in [9.17, 15) is 5.11 Å². The highest BCUT2D eigenvalue weighted by molar-refractivity contribution is 5.37. The molecule has 1 atom stereocenters. The normalized spacial score (nSPS) is 14.3. The van der Waals surface area contributed by atoms with Gasteiger partial charge >= 0.3 is 0 Å². The van der Waals surface area contributed by atoms with Crippen molar-refractivity contribution in [2.45, 2.75) is 25.9 Å². The van der Waals surface area contributed by atoms with E-state index in [-0.39, 0.29) is 0 Å². The van der Waals surface area contributed by atoms with Gasteiger partial charge in [-0.05, 0) is 24.5 Å². The van der Waals surface area contributed by atoms with Gasteiger partial charge in [0.1, 0.15) is 5.60 Å². The molecule has 0 unspecified atom stereocenters. The summed E-state index contributed by atoms with van der Waals surface area (Å²) in [6.45, 7) is 4.06. The van der Waals surface area contributed by atoms with E-state index in [2.05, 4.69) is 6.07 Å². The maximum atomic E-state index is 10.9.